The molecule has 8 nitrogen and oxygen atoms in total. The molecular weight excluding hydrogens is 649 g/mol. The number of hydrogen-bond acceptors (Lipinski definition) is 6. The summed E-state index contributed by atoms with van der Waals surface area (Å²) in [4.78, 5) is 27.6. The van der Waals surface area contributed by atoms with Gasteiger partial charge in [-0.1, -0.05) is 23.7 Å². The molecule has 1 aliphatic rings. The molecule has 0 spiro atoms. The summed E-state index contributed by atoms with van der Waals surface area (Å²) in [5.41, 5.74) is 5.06. The van der Waals surface area contributed by atoms with Crippen LogP contribution in [0.5, 0.6) is 5.75 Å². The van der Waals surface area contributed by atoms with Crippen LogP contribution in [-0.2, 0) is 4.74 Å². The molecule has 0 bridgehead atoms. The standard InChI is InChI=1S/C35H29AsClN5O3/c37-29-14-2-1-13-28(29)34(43)39-25-10-5-8-23(20-25)32-33(42-18-4-3-15-31(42)41-32)30-16-17-38-35(40-30)36-24-9-6-11-26(21-24)45-22-27-12-7-19-44-27/h1-6,8-11,13-18,20-21,27,36H,7,12,19,22H2,(H,39,43). The summed E-state index contributed by atoms with van der Waals surface area (Å²) < 4.78 is 15.8. The summed E-state index contributed by atoms with van der Waals surface area (Å²) in [7, 11) is 0. The van der Waals surface area contributed by atoms with Crippen LogP contribution in [0.15, 0.2) is 109 Å². The predicted molar refractivity (Wildman–Crippen MR) is 178 cm³/mol. The zero-order chi connectivity index (χ0) is 30.6. The first-order valence-electron chi connectivity index (χ1n) is 14.7. The number of fused-ring (bicyclic) bond motifs is 1. The van der Waals surface area contributed by atoms with Crippen molar-refractivity contribution in [2.45, 2.75) is 18.9 Å². The average Bonchev–Trinajstić information content (AvgIpc) is 3.73. The van der Waals surface area contributed by atoms with Gasteiger partial charge in [-0.3, -0.25) is 0 Å². The van der Waals surface area contributed by atoms with Crippen LogP contribution in [0.4, 0.5) is 5.69 Å². The Labute approximate surface area is 272 Å². The number of benzene rings is 3. The normalized spacial score (nSPS) is 14.7. The number of rotatable bonds is 9. The third kappa shape index (κ3) is 6.64. The number of amides is 1. The maximum atomic E-state index is 13.0. The first-order valence-corrected chi connectivity index (χ1v) is 17.2. The third-order valence-electron chi connectivity index (χ3n) is 7.49. The maximum absolute atomic E-state index is 13.0. The van der Waals surface area contributed by atoms with Crippen molar-refractivity contribution in [1.29, 1.82) is 0 Å². The second-order valence-electron chi connectivity index (χ2n) is 10.6. The van der Waals surface area contributed by atoms with Gasteiger partial charge in [0, 0.05) is 0 Å². The molecule has 1 aliphatic heterocycles. The van der Waals surface area contributed by atoms with E-state index in [2.05, 4.69) is 22.4 Å². The number of carbonyl (C=O) groups is 1. The summed E-state index contributed by atoms with van der Waals surface area (Å²) >= 11 is 5.42. The molecule has 10 heteroatoms. The van der Waals surface area contributed by atoms with E-state index in [1.807, 2.05) is 77.5 Å². The number of pyridine rings is 1. The van der Waals surface area contributed by atoms with E-state index in [9.17, 15) is 4.79 Å². The van der Waals surface area contributed by atoms with E-state index >= 15 is 0 Å². The molecule has 7 rings (SSSR count). The third-order valence-corrected chi connectivity index (χ3v) is 10.1. The van der Waals surface area contributed by atoms with Crippen LogP contribution in [0.25, 0.3) is 28.3 Å². The van der Waals surface area contributed by atoms with E-state index in [1.54, 1.807) is 24.3 Å². The topological polar surface area (TPSA) is 90.6 Å². The van der Waals surface area contributed by atoms with E-state index in [4.69, 9.17) is 31.0 Å². The zero-order valence-electron chi connectivity index (χ0n) is 24.2. The van der Waals surface area contributed by atoms with Crippen LogP contribution in [0, 0.1) is 0 Å². The van der Waals surface area contributed by atoms with Gasteiger partial charge in [0.2, 0.25) is 0 Å². The van der Waals surface area contributed by atoms with Crippen LogP contribution in [-0.4, -0.2) is 60.3 Å². The van der Waals surface area contributed by atoms with Crippen molar-refractivity contribution >= 4 is 53.6 Å². The minimum Gasteiger partial charge on any atom is -0.0835 e. The number of nitrogens with zero attached hydrogens (tertiary/aromatic N) is 4. The fraction of sp³-hybridized carbons (Fsp3) is 0.143. The molecule has 1 N–H and O–H groups in total. The molecule has 0 aliphatic carbocycles. The molecule has 1 amide bonds. The molecule has 6 aromatic rings. The van der Waals surface area contributed by atoms with Gasteiger partial charge in [-0.25, -0.2) is 0 Å². The van der Waals surface area contributed by atoms with E-state index in [0.29, 0.717) is 22.9 Å². The second-order valence-corrected chi connectivity index (χ2v) is 13.7. The van der Waals surface area contributed by atoms with E-state index in [-0.39, 0.29) is 12.0 Å². The van der Waals surface area contributed by atoms with Crippen molar-refractivity contribution < 1.29 is 14.3 Å². The molecule has 224 valence electrons. The van der Waals surface area contributed by atoms with Crippen molar-refractivity contribution in [3.05, 3.63) is 120 Å². The molecule has 1 fully saturated rings. The summed E-state index contributed by atoms with van der Waals surface area (Å²) in [5.74, 6) is 0.563. The monoisotopic (exact) mass is 677 g/mol. The minimum atomic E-state index is -0.842. The van der Waals surface area contributed by atoms with Crippen molar-refractivity contribution in [3.63, 3.8) is 0 Å². The van der Waals surface area contributed by atoms with E-state index < -0.39 is 15.8 Å². The number of carbonyl (C=O) groups excluding carboxylic acids is 1. The van der Waals surface area contributed by atoms with Crippen LogP contribution in [0.2, 0.25) is 5.02 Å². The number of imidazole rings is 1. The second kappa shape index (κ2) is 13.2. The number of hydrogen-bond donors (Lipinski definition) is 1. The average molecular weight is 678 g/mol. The molecular formula is C35H29AsClN5O3. The molecule has 45 heavy (non-hydrogen) atoms. The van der Waals surface area contributed by atoms with Gasteiger partial charge >= 0.3 is 243 Å². The van der Waals surface area contributed by atoms with E-state index in [0.717, 1.165) is 58.1 Å². The van der Waals surface area contributed by atoms with Crippen LogP contribution < -0.4 is 19.0 Å². The van der Waals surface area contributed by atoms with Gasteiger partial charge in [0.05, 0.1) is 0 Å². The van der Waals surface area contributed by atoms with Crippen LogP contribution in [0.3, 0.4) is 0 Å². The SMILES string of the molecule is O=C(Nc1cccc(-c2nc3ccccn3c2-c2ccnc([AsH]c3cccc(OCC4CCCO4)c3)n2)c1)c1ccccc1Cl. The number of halogens is 1. The minimum absolute atomic E-state index is 0.170. The number of ether oxygens (including phenoxy) is 2. The number of nitrogens with one attached hydrogen (secondary N) is 1. The number of anilines is 1. The fourth-order valence-corrected chi connectivity index (χ4v) is 7.59. The van der Waals surface area contributed by atoms with Crippen molar-refractivity contribution in [2.24, 2.45) is 0 Å². The molecule has 4 heterocycles. The molecule has 2 unspecified atom stereocenters. The van der Waals surface area contributed by atoms with Gasteiger partial charge in [-0.05, 0) is 6.07 Å². The first-order chi connectivity index (χ1) is 22.1. The summed E-state index contributed by atoms with van der Waals surface area (Å²) in [6.45, 7) is 1.38. The van der Waals surface area contributed by atoms with Crippen molar-refractivity contribution in [3.8, 4) is 28.4 Å². The summed E-state index contributed by atoms with van der Waals surface area (Å²) in [5, 5.41) is 3.37. The van der Waals surface area contributed by atoms with Gasteiger partial charge in [0.1, 0.15) is 0 Å². The molecule has 1 saturated heterocycles. The van der Waals surface area contributed by atoms with Crippen molar-refractivity contribution in [2.75, 3.05) is 18.5 Å². The Bertz CT molecular complexity index is 1990. The Balaban J connectivity index is 1.18. The Hall–Kier alpha value is -4.49. The van der Waals surface area contributed by atoms with Gasteiger partial charge in [-0.2, -0.15) is 0 Å². The van der Waals surface area contributed by atoms with Crippen LogP contribution in [0.1, 0.15) is 23.2 Å². The van der Waals surface area contributed by atoms with Gasteiger partial charge < -0.3 is 0 Å². The first kappa shape index (κ1) is 29.2. The molecule has 0 saturated carbocycles. The Morgan fingerprint density at radius 3 is 2.78 bits per heavy atom. The molecule has 2 atom stereocenters. The number of aromatic nitrogens is 4. The summed E-state index contributed by atoms with van der Waals surface area (Å²) in [6.07, 6.45) is 6.10. The Morgan fingerprint density at radius 2 is 1.89 bits per heavy atom. The van der Waals surface area contributed by atoms with Gasteiger partial charge in [0.15, 0.2) is 0 Å². The van der Waals surface area contributed by atoms with Gasteiger partial charge in [0.25, 0.3) is 0 Å². The molecule has 0 radical (unpaired) electrons. The van der Waals surface area contributed by atoms with Crippen molar-refractivity contribution in [1.82, 2.24) is 19.4 Å². The zero-order valence-corrected chi connectivity index (χ0v) is 27.0. The molecule has 3 aromatic carbocycles. The van der Waals surface area contributed by atoms with Gasteiger partial charge in [-0.15, -0.1) is 0 Å². The predicted octanol–water partition coefficient (Wildman–Crippen LogP) is 5.31. The summed E-state index contributed by atoms with van der Waals surface area (Å²) in [6, 6.07) is 30.6. The molecule has 3 aromatic heterocycles. The smallest absolute Gasteiger partial charge is 0.0835 e. The quantitative estimate of drug-likeness (QED) is 0.209. The Kier molecular flexibility index (Phi) is 8.60. The Morgan fingerprint density at radius 1 is 1.00 bits per heavy atom. The van der Waals surface area contributed by atoms with E-state index in [1.165, 1.54) is 4.35 Å². The van der Waals surface area contributed by atoms with Crippen LogP contribution >= 0.6 is 11.6 Å². The fourth-order valence-electron chi connectivity index (χ4n) is 5.34.